The van der Waals surface area contributed by atoms with Crippen LogP contribution in [0.15, 0.2) is 0 Å². The number of nitrogens with one attached hydrogen (secondary N) is 1. The quantitative estimate of drug-likeness (QED) is 0.666. The van der Waals surface area contributed by atoms with Crippen LogP contribution in [-0.4, -0.2) is 19.0 Å². The van der Waals surface area contributed by atoms with E-state index in [1.54, 1.807) is 0 Å². The standard InChI is InChI=1S/C15H32N2O/c1-6-13(9-10-16)7-8-14(18)17-11-15(4,5)12(2)3/h12-13H,6-11,16H2,1-5H3,(H,17,18). The van der Waals surface area contributed by atoms with Crippen LogP contribution in [0.25, 0.3) is 0 Å². The van der Waals surface area contributed by atoms with Crippen LogP contribution in [-0.2, 0) is 4.79 Å². The molecule has 0 rings (SSSR count). The van der Waals surface area contributed by atoms with Gasteiger partial charge >= 0.3 is 0 Å². The summed E-state index contributed by atoms with van der Waals surface area (Å²) in [6, 6.07) is 0. The second-order valence-corrected chi connectivity index (χ2v) is 6.31. The van der Waals surface area contributed by atoms with E-state index in [-0.39, 0.29) is 11.3 Å². The SMILES string of the molecule is CCC(CCN)CCC(=O)NCC(C)(C)C(C)C. The molecule has 0 saturated carbocycles. The Bertz CT molecular complexity index is 237. The van der Waals surface area contributed by atoms with Gasteiger partial charge in [0.2, 0.25) is 5.91 Å². The molecule has 0 aliphatic heterocycles. The molecule has 1 amide bonds. The molecule has 0 aliphatic rings. The lowest BCUT2D eigenvalue weighted by atomic mass is 9.81. The van der Waals surface area contributed by atoms with Gasteiger partial charge in [-0.1, -0.05) is 41.0 Å². The molecule has 18 heavy (non-hydrogen) atoms. The molecular weight excluding hydrogens is 224 g/mol. The van der Waals surface area contributed by atoms with Crippen LogP contribution in [0.3, 0.4) is 0 Å². The summed E-state index contributed by atoms with van der Waals surface area (Å²) in [5.74, 6) is 1.34. The zero-order valence-corrected chi connectivity index (χ0v) is 12.9. The minimum absolute atomic E-state index is 0.164. The molecule has 3 heteroatoms. The second-order valence-electron chi connectivity index (χ2n) is 6.31. The van der Waals surface area contributed by atoms with E-state index in [2.05, 4.69) is 39.9 Å². The van der Waals surface area contributed by atoms with E-state index in [9.17, 15) is 4.79 Å². The van der Waals surface area contributed by atoms with E-state index in [0.29, 0.717) is 18.3 Å². The molecule has 0 aliphatic carbocycles. The Hall–Kier alpha value is -0.570. The Morgan fingerprint density at radius 2 is 1.89 bits per heavy atom. The molecule has 0 bridgehead atoms. The van der Waals surface area contributed by atoms with Crippen molar-refractivity contribution in [2.24, 2.45) is 23.0 Å². The summed E-state index contributed by atoms with van der Waals surface area (Å²) in [5, 5.41) is 3.06. The van der Waals surface area contributed by atoms with Crippen molar-refractivity contribution < 1.29 is 4.79 Å². The van der Waals surface area contributed by atoms with Gasteiger partial charge in [0.05, 0.1) is 0 Å². The van der Waals surface area contributed by atoms with E-state index in [1.165, 1.54) is 0 Å². The van der Waals surface area contributed by atoms with Gasteiger partial charge in [0, 0.05) is 13.0 Å². The average Bonchev–Trinajstić information content (AvgIpc) is 2.31. The van der Waals surface area contributed by atoms with Gasteiger partial charge in [-0.05, 0) is 36.6 Å². The molecule has 0 heterocycles. The summed E-state index contributed by atoms with van der Waals surface area (Å²) in [6.07, 6.45) is 3.73. The maximum Gasteiger partial charge on any atom is 0.220 e. The van der Waals surface area contributed by atoms with Crippen molar-refractivity contribution in [3.63, 3.8) is 0 Å². The van der Waals surface area contributed by atoms with Gasteiger partial charge < -0.3 is 11.1 Å². The summed E-state index contributed by atoms with van der Waals surface area (Å²) in [4.78, 5) is 11.8. The number of hydrogen-bond acceptors (Lipinski definition) is 2. The molecule has 108 valence electrons. The normalized spacial score (nSPS) is 13.7. The third kappa shape index (κ3) is 7.00. The zero-order chi connectivity index (χ0) is 14.2. The van der Waals surface area contributed by atoms with Crippen LogP contribution in [0.1, 0.15) is 60.3 Å². The molecule has 1 unspecified atom stereocenters. The lowest BCUT2D eigenvalue weighted by Crippen LogP contribution is -2.37. The summed E-state index contributed by atoms with van der Waals surface area (Å²) < 4.78 is 0. The molecule has 0 saturated heterocycles. The Morgan fingerprint density at radius 1 is 1.28 bits per heavy atom. The van der Waals surface area contributed by atoms with E-state index in [4.69, 9.17) is 5.73 Å². The van der Waals surface area contributed by atoms with Crippen molar-refractivity contribution in [1.29, 1.82) is 0 Å². The molecule has 0 aromatic rings. The lowest BCUT2D eigenvalue weighted by molar-refractivity contribution is -0.122. The Kier molecular flexibility index (Phi) is 8.25. The highest BCUT2D eigenvalue weighted by Crippen LogP contribution is 2.24. The fourth-order valence-electron chi connectivity index (χ4n) is 1.74. The molecular formula is C15H32N2O. The monoisotopic (exact) mass is 256 g/mol. The summed E-state index contributed by atoms with van der Waals surface area (Å²) in [6.45, 7) is 12.4. The average molecular weight is 256 g/mol. The Balaban J connectivity index is 3.91. The van der Waals surface area contributed by atoms with Gasteiger partial charge in [-0.25, -0.2) is 0 Å². The molecule has 0 radical (unpaired) electrons. The van der Waals surface area contributed by atoms with E-state index < -0.39 is 0 Å². The van der Waals surface area contributed by atoms with Gasteiger partial charge in [-0.15, -0.1) is 0 Å². The highest BCUT2D eigenvalue weighted by atomic mass is 16.1. The van der Waals surface area contributed by atoms with Crippen molar-refractivity contribution in [2.45, 2.75) is 60.3 Å². The van der Waals surface area contributed by atoms with Crippen LogP contribution < -0.4 is 11.1 Å². The zero-order valence-electron chi connectivity index (χ0n) is 12.9. The first-order chi connectivity index (χ1) is 8.33. The molecule has 1 atom stereocenters. The maximum atomic E-state index is 11.8. The smallest absolute Gasteiger partial charge is 0.220 e. The molecule has 0 aromatic carbocycles. The van der Waals surface area contributed by atoms with Crippen molar-refractivity contribution in [3.05, 3.63) is 0 Å². The van der Waals surface area contributed by atoms with Gasteiger partial charge in [0.1, 0.15) is 0 Å². The molecule has 0 fully saturated rings. The number of carbonyl (C=O) groups is 1. The third-order valence-corrected chi connectivity index (χ3v) is 4.24. The predicted octanol–water partition coefficient (Wildman–Crippen LogP) is 2.94. The van der Waals surface area contributed by atoms with Crippen molar-refractivity contribution in [1.82, 2.24) is 5.32 Å². The van der Waals surface area contributed by atoms with Crippen LogP contribution in [0.5, 0.6) is 0 Å². The minimum Gasteiger partial charge on any atom is -0.356 e. The van der Waals surface area contributed by atoms with Crippen LogP contribution in [0.4, 0.5) is 0 Å². The largest absolute Gasteiger partial charge is 0.356 e. The van der Waals surface area contributed by atoms with Crippen LogP contribution in [0.2, 0.25) is 0 Å². The van der Waals surface area contributed by atoms with Crippen LogP contribution in [0, 0.1) is 17.3 Å². The van der Waals surface area contributed by atoms with Gasteiger partial charge in [0.15, 0.2) is 0 Å². The predicted molar refractivity (Wildman–Crippen MR) is 78.3 cm³/mol. The third-order valence-electron chi connectivity index (χ3n) is 4.24. The summed E-state index contributed by atoms with van der Waals surface area (Å²) >= 11 is 0. The number of nitrogens with two attached hydrogens (primary N) is 1. The van der Waals surface area contributed by atoms with Crippen molar-refractivity contribution in [3.8, 4) is 0 Å². The van der Waals surface area contributed by atoms with E-state index >= 15 is 0 Å². The van der Waals surface area contributed by atoms with Crippen molar-refractivity contribution in [2.75, 3.05) is 13.1 Å². The fourth-order valence-corrected chi connectivity index (χ4v) is 1.74. The first-order valence-corrected chi connectivity index (χ1v) is 7.30. The second kappa shape index (κ2) is 8.52. The topological polar surface area (TPSA) is 55.1 Å². The minimum atomic E-state index is 0.164. The number of hydrogen-bond donors (Lipinski definition) is 2. The first kappa shape index (κ1) is 17.4. The molecule has 0 aromatic heterocycles. The highest BCUT2D eigenvalue weighted by molar-refractivity contribution is 5.75. The van der Waals surface area contributed by atoms with Gasteiger partial charge in [0.25, 0.3) is 0 Å². The van der Waals surface area contributed by atoms with E-state index in [1.807, 2.05) is 0 Å². The highest BCUT2D eigenvalue weighted by Gasteiger charge is 2.22. The summed E-state index contributed by atoms with van der Waals surface area (Å²) in [7, 11) is 0. The number of amides is 1. The number of rotatable bonds is 9. The first-order valence-electron chi connectivity index (χ1n) is 7.30. The Labute approximate surface area is 113 Å². The van der Waals surface area contributed by atoms with Crippen LogP contribution >= 0.6 is 0 Å². The summed E-state index contributed by atoms with van der Waals surface area (Å²) in [5.41, 5.74) is 5.72. The maximum absolute atomic E-state index is 11.8. The van der Waals surface area contributed by atoms with E-state index in [0.717, 1.165) is 32.4 Å². The lowest BCUT2D eigenvalue weighted by Gasteiger charge is -2.29. The number of carbonyl (C=O) groups excluding carboxylic acids is 1. The Morgan fingerprint density at radius 3 is 2.33 bits per heavy atom. The van der Waals surface area contributed by atoms with Crippen molar-refractivity contribution >= 4 is 5.91 Å². The fraction of sp³-hybridized carbons (Fsp3) is 0.933. The molecule has 0 spiro atoms. The van der Waals surface area contributed by atoms with Gasteiger partial charge in [-0.2, -0.15) is 0 Å². The molecule has 3 N–H and O–H groups in total. The molecule has 3 nitrogen and oxygen atoms in total. The van der Waals surface area contributed by atoms with Gasteiger partial charge in [-0.3, -0.25) is 4.79 Å².